The minimum Gasteiger partial charge on any atom is -0.489 e. The zero-order chi connectivity index (χ0) is 18.2. The standard InChI is InChI=1S/C20H25N3O2/c1-14(2)16-10-7-8-12-18(16)25-13-15-9-5-6-11-17(15)19(23-24-4)20(21)22-3/h5-12,14H,13H2,1-4H3,(H2,21,22). The molecule has 5 heteroatoms. The van der Waals surface area contributed by atoms with Crippen LogP contribution in [0.25, 0.3) is 0 Å². The van der Waals surface area contributed by atoms with Gasteiger partial charge in [0.25, 0.3) is 0 Å². The largest absolute Gasteiger partial charge is 0.489 e. The monoisotopic (exact) mass is 339 g/mol. The number of para-hydroxylation sites is 1. The van der Waals surface area contributed by atoms with Crippen molar-refractivity contribution < 1.29 is 9.57 Å². The summed E-state index contributed by atoms with van der Waals surface area (Å²) >= 11 is 0. The third-order valence-electron chi connectivity index (χ3n) is 3.86. The Hall–Kier alpha value is -2.82. The fourth-order valence-electron chi connectivity index (χ4n) is 2.55. The molecule has 25 heavy (non-hydrogen) atoms. The molecule has 0 fully saturated rings. The van der Waals surface area contributed by atoms with Crippen molar-refractivity contribution in [2.24, 2.45) is 15.9 Å². The highest BCUT2D eigenvalue weighted by atomic mass is 16.6. The highest BCUT2D eigenvalue weighted by molar-refractivity contribution is 6.47. The molecule has 2 rings (SSSR count). The average molecular weight is 339 g/mol. The first-order chi connectivity index (χ1) is 12.1. The van der Waals surface area contributed by atoms with Gasteiger partial charge in [0.2, 0.25) is 0 Å². The molecular weight excluding hydrogens is 314 g/mol. The van der Waals surface area contributed by atoms with E-state index in [-0.39, 0.29) is 0 Å². The molecule has 2 aromatic carbocycles. The fraction of sp³-hybridized carbons (Fsp3) is 0.300. The van der Waals surface area contributed by atoms with Crippen molar-refractivity contribution in [2.45, 2.75) is 26.4 Å². The first kappa shape index (κ1) is 18.5. The molecule has 0 aliphatic heterocycles. The van der Waals surface area contributed by atoms with Crippen molar-refractivity contribution in [3.63, 3.8) is 0 Å². The number of ether oxygens (including phenoxy) is 1. The molecule has 0 saturated carbocycles. The highest BCUT2D eigenvalue weighted by Gasteiger charge is 2.15. The van der Waals surface area contributed by atoms with Crippen LogP contribution in [0.5, 0.6) is 5.75 Å². The maximum absolute atomic E-state index is 6.09. The maximum Gasteiger partial charge on any atom is 0.152 e. The molecule has 2 aromatic rings. The van der Waals surface area contributed by atoms with Crippen LogP contribution in [0, 0.1) is 0 Å². The van der Waals surface area contributed by atoms with Gasteiger partial charge < -0.3 is 15.3 Å². The van der Waals surface area contributed by atoms with E-state index in [9.17, 15) is 0 Å². The van der Waals surface area contributed by atoms with Crippen molar-refractivity contribution in [1.82, 2.24) is 0 Å². The van der Waals surface area contributed by atoms with Gasteiger partial charge in [0.15, 0.2) is 5.71 Å². The lowest BCUT2D eigenvalue weighted by Crippen LogP contribution is -2.26. The molecule has 0 spiro atoms. The molecule has 0 aliphatic rings. The fourth-order valence-corrected chi connectivity index (χ4v) is 2.55. The molecule has 0 heterocycles. The second-order valence-electron chi connectivity index (χ2n) is 5.87. The topological polar surface area (TPSA) is 69.2 Å². The van der Waals surface area contributed by atoms with Crippen molar-refractivity contribution in [2.75, 3.05) is 14.2 Å². The number of oxime groups is 1. The van der Waals surface area contributed by atoms with E-state index in [1.807, 2.05) is 42.5 Å². The number of hydrogen-bond acceptors (Lipinski definition) is 4. The van der Waals surface area contributed by atoms with Crippen LogP contribution in [0.2, 0.25) is 0 Å². The molecule has 0 saturated heterocycles. The minimum atomic E-state index is 0.317. The Morgan fingerprint density at radius 2 is 1.76 bits per heavy atom. The summed E-state index contributed by atoms with van der Waals surface area (Å²) < 4.78 is 6.09. The molecular formula is C20H25N3O2. The Kier molecular flexibility index (Phi) is 6.57. The van der Waals surface area contributed by atoms with E-state index in [4.69, 9.17) is 15.3 Å². The molecule has 0 atom stereocenters. The number of rotatable bonds is 7. The van der Waals surface area contributed by atoms with Gasteiger partial charge in [-0.15, -0.1) is 0 Å². The van der Waals surface area contributed by atoms with E-state index in [0.29, 0.717) is 24.1 Å². The number of amidine groups is 1. The van der Waals surface area contributed by atoms with Crippen LogP contribution in [-0.2, 0) is 11.4 Å². The third-order valence-corrected chi connectivity index (χ3v) is 3.86. The molecule has 0 aromatic heterocycles. The minimum absolute atomic E-state index is 0.317. The van der Waals surface area contributed by atoms with Gasteiger partial charge >= 0.3 is 0 Å². The Bertz CT molecular complexity index is 767. The molecule has 0 bridgehead atoms. The Morgan fingerprint density at radius 1 is 1.08 bits per heavy atom. The van der Waals surface area contributed by atoms with Crippen molar-refractivity contribution in [3.05, 3.63) is 65.2 Å². The first-order valence-corrected chi connectivity index (χ1v) is 8.22. The summed E-state index contributed by atoms with van der Waals surface area (Å²) in [5, 5.41) is 4.03. The van der Waals surface area contributed by atoms with Crippen molar-refractivity contribution in [3.8, 4) is 5.75 Å². The molecule has 2 N–H and O–H groups in total. The summed E-state index contributed by atoms with van der Waals surface area (Å²) in [6, 6.07) is 15.9. The van der Waals surface area contributed by atoms with Crippen LogP contribution >= 0.6 is 0 Å². The van der Waals surface area contributed by atoms with Crippen LogP contribution in [-0.4, -0.2) is 25.7 Å². The lowest BCUT2D eigenvalue weighted by Gasteiger charge is -2.16. The quantitative estimate of drug-likeness (QED) is 0.475. The molecule has 0 aliphatic carbocycles. The van der Waals surface area contributed by atoms with Gasteiger partial charge in [0.05, 0.1) is 0 Å². The lowest BCUT2D eigenvalue weighted by molar-refractivity contribution is 0.214. The summed E-state index contributed by atoms with van der Waals surface area (Å²) in [5.74, 6) is 1.59. The van der Waals surface area contributed by atoms with E-state index in [1.165, 1.54) is 12.7 Å². The number of nitrogens with two attached hydrogens (primary N) is 1. The second-order valence-corrected chi connectivity index (χ2v) is 5.87. The summed E-state index contributed by atoms with van der Waals surface area (Å²) in [6.07, 6.45) is 0. The number of aliphatic imine (C=N–C) groups is 1. The van der Waals surface area contributed by atoms with Crippen molar-refractivity contribution in [1.29, 1.82) is 0 Å². The van der Waals surface area contributed by atoms with E-state index < -0.39 is 0 Å². The predicted octanol–water partition coefficient (Wildman–Crippen LogP) is 3.73. The van der Waals surface area contributed by atoms with Crippen LogP contribution in [0.1, 0.15) is 36.5 Å². The van der Waals surface area contributed by atoms with Crippen molar-refractivity contribution >= 4 is 11.5 Å². The van der Waals surface area contributed by atoms with Gasteiger partial charge in [-0.25, -0.2) is 0 Å². The summed E-state index contributed by atoms with van der Waals surface area (Å²) in [7, 11) is 3.11. The molecule has 132 valence electrons. The summed E-state index contributed by atoms with van der Waals surface area (Å²) in [6.45, 7) is 4.70. The van der Waals surface area contributed by atoms with Gasteiger partial charge in [0, 0.05) is 12.6 Å². The smallest absolute Gasteiger partial charge is 0.152 e. The van der Waals surface area contributed by atoms with E-state index in [0.717, 1.165) is 16.9 Å². The summed E-state index contributed by atoms with van der Waals surface area (Å²) in [5.41, 5.74) is 9.46. The Morgan fingerprint density at radius 3 is 2.44 bits per heavy atom. The molecule has 0 unspecified atom stereocenters. The first-order valence-electron chi connectivity index (χ1n) is 8.22. The van der Waals surface area contributed by atoms with Crippen LogP contribution < -0.4 is 10.5 Å². The average Bonchev–Trinajstić information content (AvgIpc) is 2.64. The Labute approximate surface area is 149 Å². The maximum atomic E-state index is 6.09. The molecule has 5 nitrogen and oxygen atoms in total. The Balaban J connectivity index is 2.32. The number of hydrogen-bond donors (Lipinski definition) is 1. The van der Waals surface area contributed by atoms with Crippen LogP contribution in [0.4, 0.5) is 0 Å². The zero-order valence-corrected chi connectivity index (χ0v) is 15.2. The van der Waals surface area contributed by atoms with Gasteiger partial charge in [0.1, 0.15) is 25.3 Å². The third kappa shape index (κ3) is 4.59. The zero-order valence-electron chi connectivity index (χ0n) is 15.2. The predicted molar refractivity (Wildman–Crippen MR) is 102 cm³/mol. The normalized spacial score (nSPS) is 12.4. The molecule has 0 radical (unpaired) electrons. The SMILES string of the molecule is CN=C(N)C(=NOC)c1ccccc1COc1ccccc1C(C)C. The van der Waals surface area contributed by atoms with Gasteiger partial charge in [-0.2, -0.15) is 0 Å². The van der Waals surface area contributed by atoms with Crippen LogP contribution in [0.15, 0.2) is 58.7 Å². The number of nitrogens with zero attached hydrogens (tertiary/aromatic N) is 2. The van der Waals surface area contributed by atoms with Crippen LogP contribution in [0.3, 0.4) is 0 Å². The van der Waals surface area contributed by atoms with Gasteiger partial charge in [-0.3, -0.25) is 4.99 Å². The van der Waals surface area contributed by atoms with E-state index in [2.05, 4.69) is 30.1 Å². The van der Waals surface area contributed by atoms with E-state index in [1.54, 1.807) is 7.05 Å². The van der Waals surface area contributed by atoms with E-state index >= 15 is 0 Å². The highest BCUT2D eigenvalue weighted by Crippen LogP contribution is 2.27. The second kappa shape index (κ2) is 8.87. The van der Waals surface area contributed by atoms with Gasteiger partial charge in [-0.1, -0.05) is 61.5 Å². The van der Waals surface area contributed by atoms with Gasteiger partial charge in [-0.05, 0) is 23.1 Å². The lowest BCUT2D eigenvalue weighted by atomic mass is 10.0. The molecule has 0 amide bonds. The summed E-state index contributed by atoms with van der Waals surface area (Å²) in [4.78, 5) is 8.96. The number of benzene rings is 2.